The standard InChI is InChI=1S/C59H106O6/c1-4-7-10-13-15-17-19-21-23-25-26-27-28-29-30-31-32-34-35-37-39-41-43-46-49-52-58(61)64-55-56(54-63-57(60)51-48-45-12-9-6-3)65-59(62)53-50-47-44-42-40-38-36-33-24-22-20-18-16-14-11-8-5-2/h8,11,16,18,22,24,36,38,56H,4-7,9-10,12-15,17,19-21,23,25-35,37,39-55H2,1-3H3/b11-8-,18-16-,24-22-,38-36-. The summed E-state index contributed by atoms with van der Waals surface area (Å²) in [6.07, 6.45) is 65.9. The van der Waals surface area contributed by atoms with Gasteiger partial charge in [-0.05, 0) is 57.8 Å². The predicted octanol–water partition coefficient (Wildman–Crippen LogP) is 18.7. The number of carbonyl (C=O) groups excluding carboxylic acids is 3. The van der Waals surface area contributed by atoms with Gasteiger partial charge in [0, 0.05) is 19.3 Å². The normalized spacial score (nSPS) is 12.4. The molecule has 0 aromatic heterocycles. The fourth-order valence-electron chi connectivity index (χ4n) is 8.14. The molecule has 0 aliphatic carbocycles. The van der Waals surface area contributed by atoms with Gasteiger partial charge in [-0.15, -0.1) is 0 Å². The zero-order valence-corrected chi connectivity index (χ0v) is 43.3. The van der Waals surface area contributed by atoms with Gasteiger partial charge in [-0.2, -0.15) is 0 Å². The Labute approximate surface area is 403 Å². The summed E-state index contributed by atoms with van der Waals surface area (Å²) >= 11 is 0. The lowest BCUT2D eigenvalue weighted by molar-refractivity contribution is -0.167. The number of hydrogen-bond acceptors (Lipinski definition) is 6. The van der Waals surface area contributed by atoms with Crippen LogP contribution in [0.3, 0.4) is 0 Å². The monoisotopic (exact) mass is 911 g/mol. The Kier molecular flexibility index (Phi) is 51.8. The molecular formula is C59H106O6. The fourth-order valence-corrected chi connectivity index (χ4v) is 8.14. The van der Waals surface area contributed by atoms with Crippen LogP contribution in [0.25, 0.3) is 0 Å². The molecule has 0 radical (unpaired) electrons. The van der Waals surface area contributed by atoms with Gasteiger partial charge in [0.05, 0.1) is 0 Å². The Morgan fingerprint density at radius 2 is 0.600 bits per heavy atom. The summed E-state index contributed by atoms with van der Waals surface area (Å²) in [5.41, 5.74) is 0. The van der Waals surface area contributed by atoms with E-state index in [1.54, 1.807) is 0 Å². The van der Waals surface area contributed by atoms with Gasteiger partial charge in [0.25, 0.3) is 0 Å². The van der Waals surface area contributed by atoms with E-state index in [1.165, 1.54) is 148 Å². The van der Waals surface area contributed by atoms with Crippen molar-refractivity contribution >= 4 is 17.9 Å². The van der Waals surface area contributed by atoms with Crippen LogP contribution >= 0.6 is 0 Å². The summed E-state index contributed by atoms with van der Waals surface area (Å²) in [7, 11) is 0. The van der Waals surface area contributed by atoms with Crippen LogP contribution in [0.15, 0.2) is 48.6 Å². The first kappa shape index (κ1) is 62.4. The van der Waals surface area contributed by atoms with E-state index in [-0.39, 0.29) is 31.1 Å². The molecule has 0 saturated heterocycles. The number of hydrogen-bond donors (Lipinski definition) is 0. The third-order valence-corrected chi connectivity index (χ3v) is 12.3. The number of allylic oxidation sites excluding steroid dienone is 8. The number of rotatable bonds is 51. The maximum atomic E-state index is 12.7. The predicted molar refractivity (Wildman–Crippen MR) is 279 cm³/mol. The molecule has 1 unspecified atom stereocenters. The first-order valence-electron chi connectivity index (χ1n) is 28.1. The molecule has 378 valence electrons. The minimum absolute atomic E-state index is 0.0807. The second-order valence-electron chi connectivity index (χ2n) is 18.8. The molecule has 0 amide bonds. The van der Waals surface area contributed by atoms with E-state index >= 15 is 0 Å². The summed E-state index contributed by atoms with van der Waals surface area (Å²) in [6.45, 7) is 6.45. The van der Waals surface area contributed by atoms with E-state index in [4.69, 9.17) is 14.2 Å². The van der Waals surface area contributed by atoms with Crippen molar-refractivity contribution in [3.8, 4) is 0 Å². The smallest absolute Gasteiger partial charge is 0.306 e. The molecule has 0 aromatic carbocycles. The molecule has 0 saturated carbocycles. The van der Waals surface area contributed by atoms with Crippen molar-refractivity contribution in [2.45, 2.75) is 297 Å². The molecule has 0 spiro atoms. The largest absolute Gasteiger partial charge is 0.462 e. The molecule has 0 fully saturated rings. The molecular weight excluding hydrogens is 805 g/mol. The summed E-state index contributed by atoms with van der Waals surface area (Å²) < 4.78 is 16.7. The van der Waals surface area contributed by atoms with Crippen LogP contribution in [0.4, 0.5) is 0 Å². The van der Waals surface area contributed by atoms with E-state index in [1.807, 2.05) is 0 Å². The summed E-state index contributed by atoms with van der Waals surface area (Å²) in [4.78, 5) is 37.7. The molecule has 0 aliphatic heterocycles. The van der Waals surface area contributed by atoms with Crippen molar-refractivity contribution in [1.82, 2.24) is 0 Å². The zero-order valence-electron chi connectivity index (χ0n) is 43.3. The number of carbonyl (C=O) groups is 3. The highest BCUT2D eigenvalue weighted by atomic mass is 16.6. The minimum atomic E-state index is -0.780. The van der Waals surface area contributed by atoms with Crippen LogP contribution in [0.5, 0.6) is 0 Å². The third-order valence-electron chi connectivity index (χ3n) is 12.3. The molecule has 65 heavy (non-hydrogen) atoms. The first-order valence-corrected chi connectivity index (χ1v) is 28.1. The molecule has 0 N–H and O–H groups in total. The van der Waals surface area contributed by atoms with Crippen LogP contribution in [-0.2, 0) is 28.6 Å². The lowest BCUT2D eigenvalue weighted by Gasteiger charge is -2.18. The molecule has 0 aromatic rings. The lowest BCUT2D eigenvalue weighted by Crippen LogP contribution is -2.30. The Hall–Kier alpha value is -2.63. The van der Waals surface area contributed by atoms with E-state index in [0.717, 1.165) is 103 Å². The summed E-state index contributed by atoms with van der Waals surface area (Å²) in [5.74, 6) is -0.908. The molecule has 0 aliphatic rings. The highest BCUT2D eigenvalue weighted by Gasteiger charge is 2.19. The fraction of sp³-hybridized carbons (Fsp3) is 0.814. The Morgan fingerprint density at radius 1 is 0.323 bits per heavy atom. The third kappa shape index (κ3) is 52.2. The van der Waals surface area contributed by atoms with Crippen LogP contribution in [0.2, 0.25) is 0 Å². The van der Waals surface area contributed by atoms with E-state index in [9.17, 15) is 14.4 Å². The Bertz CT molecular complexity index is 1140. The maximum absolute atomic E-state index is 12.7. The van der Waals surface area contributed by atoms with Gasteiger partial charge in [-0.1, -0.05) is 262 Å². The van der Waals surface area contributed by atoms with Crippen molar-refractivity contribution in [2.75, 3.05) is 13.2 Å². The second-order valence-corrected chi connectivity index (χ2v) is 18.8. The number of ether oxygens (including phenoxy) is 3. The van der Waals surface area contributed by atoms with Crippen molar-refractivity contribution in [1.29, 1.82) is 0 Å². The van der Waals surface area contributed by atoms with Gasteiger partial charge in [-0.25, -0.2) is 0 Å². The van der Waals surface area contributed by atoms with E-state index < -0.39 is 6.10 Å². The van der Waals surface area contributed by atoms with Crippen LogP contribution < -0.4 is 0 Å². The van der Waals surface area contributed by atoms with Crippen molar-refractivity contribution in [2.24, 2.45) is 0 Å². The molecule has 0 bridgehead atoms. The van der Waals surface area contributed by atoms with Crippen LogP contribution in [0.1, 0.15) is 290 Å². The van der Waals surface area contributed by atoms with Crippen molar-refractivity contribution < 1.29 is 28.6 Å². The highest BCUT2D eigenvalue weighted by Crippen LogP contribution is 2.17. The maximum Gasteiger partial charge on any atom is 0.306 e. The van der Waals surface area contributed by atoms with E-state index in [2.05, 4.69) is 69.4 Å². The van der Waals surface area contributed by atoms with Crippen LogP contribution in [-0.4, -0.2) is 37.2 Å². The Balaban J connectivity index is 4.06. The quantitative estimate of drug-likeness (QED) is 0.0262. The minimum Gasteiger partial charge on any atom is -0.462 e. The van der Waals surface area contributed by atoms with Gasteiger partial charge >= 0.3 is 17.9 Å². The van der Waals surface area contributed by atoms with E-state index in [0.29, 0.717) is 19.3 Å². The highest BCUT2D eigenvalue weighted by molar-refractivity contribution is 5.71. The topological polar surface area (TPSA) is 78.9 Å². The van der Waals surface area contributed by atoms with Crippen molar-refractivity contribution in [3.63, 3.8) is 0 Å². The average molecular weight is 911 g/mol. The molecule has 0 heterocycles. The molecule has 6 nitrogen and oxygen atoms in total. The number of unbranched alkanes of at least 4 members (excludes halogenated alkanes) is 32. The van der Waals surface area contributed by atoms with Gasteiger partial charge in [0.1, 0.15) is 13.2 Å². The number of esters is 3. The van der Waals surface area contributed by atoms with Gasteiger partial charge in [0.15, 0.2) is 6.10 Å². The molecule has 6 heteroatoms. The lowest BCUT2D eigenvalue weighted by atomic mass is 10.0. The SMILES string of the molecule is CC/C=C\C/C=C\C/C=C\C/C=C\CCCCCCC(=O)OC(COC(=O)CCCCCCC)COC(=O)CCCCCCCCCCCCCCCCCCCCCCCCCCC. The second kappa shape index (κ2) is 54.0. The Morgan fingerprint density at radius 3 is 0.938 bits per heavy atom. The molecule has 0 rings (SSSR count). The summed E-state index contributed by atoms with van der Waals surface area (Å²) in [5, 5.41) is 0. The van der Waals surface area contributed by atoms with Gasteiger partial charge in [0.2, 0.25) is 0 Å². The van der Waals surface area contributed by atoms with Gasteiger partial charge in [-0.3, -0.25) is 14.4 Å². The first-order chi connectivity index (χ1) is 32.0. The van der Waals surface area contributed by atoms with Crippen molar-refractivity contribution in [3.05, 3.63) is 48.6 Å². The van der Waals surface area contributed by atoms with Crippen LogP contribution in [0, 0.1) is 0 Å². The molecule has 1 atom stereocenters. The zero-order chi connectivity index (χ0) is 47.2. The average Bonchev–Trinajstić information content (AvgIpc) is 3.30. The summed E-state index contributed by atoms with van der Waals surface area (Å²) in [6, 6.07) is 0. The van der Waals surface area contributed by atoms with Gasteiger partial charge < -0.3 is 14.2 Å².